The van der Waals surface area contributed by atoms with Crippen LogP contribution < -0.4 is 9.84 Å². The lowest BCUT2D eigenvalue weighted by Crippen LogP contribution is -2.21. The number of rotatable bonds is 4. The second kappa shape index (κ2) is 4.93. The molecule has 5 heteroatoms. The molecule has 0 aliphatic rings. The van der Waals surface area contributed by atoms with Crippen molar-refractivity contribution in [3.8, 4) is 5.75 Å². The largest absolute Gasteiger partial charge is 0.542 e. The van der Waals surface area contributed by atoms with Crippen molar-refractivity contribution in [3.63, 3.8) is 0 Å². The number of hydrogen-bond donors (Lipinski definition) is 0. The van der Waals surface area contributed by atoms with Crippen LogP contribution in [0.3, 0.4) is 0 Å². The van der Waals surface area contributed by atoms with Crippen molar-refractivity contribution < 1.29 is 19.1 Å². The highest BCUT2D eigenvalue weighted by atomic mass is 35.5. The molecule has 1 heterocycles. The number of halogens is 1. The van der Waals surface area contributed by atoms with Gasteiger partial charge in [0.25, 0.3) is 0 Å². The van der Waals surface area contributed by atoms with Crippen molar-refractivity contribution in [3.05, 3.63) is 52.9 Å². The summed E-state index contributed by atoms with van der Waals surface area (Å²) in [6, 6.07) is 9.74. The Morgan fingerprint density at radius 1 is 1.35 bits per heavy atom. The van der Waals surface area contributed by atoms with Crippen molar-refractivity contribution in [2.75, 3.05) is 0 Å². The summed E-state index contributed by atoms with van der Waals surface area (Å²) in [5, 5.41) is 11.0. The predicted molar refractivity (Wildman–Crippen MR) is 58.8 cm³/mol. The Morgan fingerprint density at radius 2 is 2.18 bits per heavy atom. The second-order valence-corrected chi connectivity index (χ2v) is 3.74. The number of aromatic carboxylic acids is 1. The number of carbonyl (C=O) groups is 1. The third-order valence-electron chi connectivity index (χ3n) is 2.04. The molecule has 1 aromatic carbocycles. The molecule has 0 fully saturated rings. The summed E-state index contributed by atoms with van der Waals surface area (Å²) in [7, 11) is 0. The highest BCUT2D eigenvalue weighted by molar-refractivity contribution is 6.30. The molecular weight excluding hydrogens is 244 g/mol. The van der Waals surface area contributed by atoms with Crippen LogP contribution in [0.4, 0.5) is 0 Å². The van der Waals surface area contributed by atoms with Gasteiger partial charge in [-0.15, -0.1) is 0 Å². The van der Waals surface area contributed by atoms with Gasteiger partial charge in [-0.05, 0) is 30.3 Å². The van der Waals surface area contributed by atoms with Gasteiger partial charge in [0.05, 0.1) is 0 Å². The van der Waals surface area contributed by atoms with Crippen LogP contribution in [-0.2, 0) is 6.61 Å². The third-order valence-corrected chi connectivity index (χ3v) is 2.28. The molecule has 88 valence electrons. The number of ether oxygens (including phenoxy) is 1. The van der Waals surface area contributed by atoms with Gasteiger partial charge in [0.1, 0.15) is 29.8 Å². The normalized spacial score (nSPS) is 10.2. The standard InChI is InChI=1S/C12H9ClO4/c13-8-2-1-3-9(6-8)16-7-10-4-5-11(17-10)12(14)15/h1-6H,7H2,(H,14,15)/p-1. The lowest BCUT2D eigenvalue weighted by molar-refractivity contribution is -0.257. The maximum Gasteiger partial charge on any atom is 0.149 e. The van der Waals surface area contributed by atoms with E-state index < -0.39 is 5.97 Å². The van der Waals surface area contributed by atoms with Crippen LogP contribution in [0.2, 0.25) is 5.02 Å². The van der Waals surface area contributed by atoms with E-state index in [0.29, 0.717) is 16.5 Å². The Balaban J connectivity index is 2.00. The Labute approximate surface area is 102 Å². The molecule has 0 saturated carbocycles. The van der Waals surface area contributed by atoms with Gasteiger partial charge in [-0.1, -0.05) is 17.7 Å². The zero-order valence-corrected chi connectivity index (χ0v) is 9.44. The van der Waals surface area contributed by atoms with Crippen LogP contribution in [0, 0.1) is 0 Å². The number of furan rings is 1. The summed E-state index contributed by atoms with van der Waals surface area (Å²) in [6.45, 7) is 0.133. The molecule has 0 N–H and O–H groups in total. The molecule has 0 radical (unpaired) electrons. The predicted octanol–water partition coefficient (Wildman–Crippen LogP) is 1.88. The lowest BCUT2D eigenvalue weighted by atomic mass is 10.3. The number of carbonyl (C=O) groups excluding carboxylic acids is 1. The fraction of sp³-hybridized carbons (Fsp3) is 0.0833. The van der Waals surface area contributed by atoms with Crippen molar-refractivity contribution in [1.29, 1.82) is 0 Å². The molecule has 0 aliphatic heterocycles. The second-order valence-electron chi connectivity index (χ2n) is 3.30. The average Bonchev–Trinajstić information content (AvgIpc) is 2.75. The molecule has 4 nitrogen and oxygen atoms in total. The summed E-state index contributed by atoms with van der Waals surface area (Å²) in [5.74, 6) is -0.568. The summed E-state index contributed by atoms with van der Waals surface area (Å²) in [6.07, 6.45) is 0. The van der Waals surface area contributed by atoms with E-state index in [0.717, 1.165) is 0 Å². The maximum atomic E-state index is 10.5. The highest BCUT2D eigenvalue weighted by Gasteiger charge is 2.03. The molecule has 17 heavy (non-hydrogen) atoms. The molecule has 0 saturated heterocycles. The summed E-state index contributed by atoms with van der Waals surface area (Å²) >= 11 is 5.78. The van der Waals surface area contributed by atoms with Crippen LogP contribution >= 0.6 is 11.6 Å². The van der Waals surface area contributed by atoms with E-state index in [4.69, 9.17) is 20.8 Å². The topological polar surface area (TPSA) is 62.5 Å². The highest BCUT2D eigenvalue weighted by Crippen LogP contribution is 2.18. The fourth-order valence-corrected chi connectivity index (χ4v) is 1.46. The Hall–Kier alpha value is -1.94. The van der Waals surface area contributed by atoms with E-state index in [1.807, 2.05) is 0 Å². The van der Waals surface area contributed by atoms with Gasteiger partial charge < -0.3 is 19.1 Å². The van der Waals surface area contributed by atoms with Crippen LogP contribution in [0.1, 0.15) is 16.3 Å². The van der Waals surface area contributed by atoms with Crippen molar-refractivity contribution in [1.82, 2.24) is 0 Å². The minimum Gasteiger partial charge on any atom is -0.542 e. The molecule has 2 aromatic rings. The van der Waals surface area contributed by atoms with E-state index in [1.165, 1.54) is 12.1 Å². The molecule has 1 aromatic heterocycles. The van der Waals surface area contributed by atoms with Crippen LogP contribution in [0.25, 0.3) is 0 Å². The van der Waals surface area contributed by atoms with Crippen molar-refractivity contribution >= 4 is 17.6 Å². The molecule has 2 rings (SSSR count). The molecule has 0 unspecified atom stereocenters. The first-order valence-electron chi connectivity index (χ1n) is 4.83. The number of hydrogen-bond acceptors (Lipinski definition) is 4. The molecule has 0 spiro atoms. The van der Waals surface area contributed by atoms with Gasteiger partial charge in [0, 0.05) is 5.02 Å². The van der Waals surface area contributed by atoms with Gasteiger partial charge in [0.15, 0.2) is 0 Å². The van der Waals surface area contributed by atoms with Gasteiger partial charge in [-0.25, -0.2) is 0 Å². The quantitative estimate of drug-likeness (QED) is 0.832. The summed E-state index contributed by atoms with van der Waals surface area (Å²) < 4.78 is 10.4. The van der Waals surface area contributed by atoms with Gasteiger partial charge in [-0.3, -0.25) is 0 Å². The van der Waals surface area contributed by atoms with E-state index in [9.17, 15) is 9.90 Å². The smallest absolute Gasteiger partial charge is 0.149 e. The molecule has 0 bridgehead atoms. The van der Waals surface area contributed by atoms with Gasteiger partial charge >= 0.3 is 0 Å². The monoisotopic (exact) mass is 251 g/mol. The number of carboxylic acid groups (broad SMARTS) is 1. The molecule has 0 atom stereocenters. The number of benzene rings is 1. The summed E-state index contributed by atoms with van der Waals surface area (Å²) in [5.41, 5.74) is 0. The lowest BCUT2D eigenvalue weighted by Gasteiger charge is -2.04. The van der Waals surface area contributed by atoms with E-state index in [-0.39, 0.29) is 12.4 Å². The van der Waals surface area contributed by atoms with Gasteiger partial charge in [-0.2, -0.15) is 0 Å². The zero-order valence-electron chi connectivity index (χ0n) is 8.68. The van der Waals surface area contributed by atoms with Crippen molar-refractivity contribution in [2.24, 2.45) is 0 Å². The molecule has 0 aliphatic carbocycles. The van der Waals surface area contributed by atoms with E-state index in [2.05, 4.69) is 0 Å². The first-order chi connectivity index (χ1) is 8.15. The first kappa shape index (κ1) is 11.5. The third kappa shape index (κ3) is 3.01. The van der Waals surface area contributed by atoms with E-state index >= 15 is 0 Å². The Kier molecular flexibility index (Phi) is 3.35. The zero-order chi connectivity index (χ0) is 12.3. The van der Waals surface area contributed by atoms with E-state index in [1.54, 1.807) is 24.3 Å². The minimum atomic E-state index is -1.35. The molecule has 0 amide bonds. The Bertz CT molecular complexity index is 533. The average molecular weight is 252 g/mol. The summed E-state index contributed by atoms with van der Waals surface area (Å²) in [4.78, 5) is 10.5. The van der Waals surface area contributed by atoms with Gasteiger partial charge in [0.2, 0.25) is 0 Å². The Morgan fingerprint density at radius 3 is 2.82 bits per heavy atom. The molecular formula is C12H8ClO4-. The van der Waals surface area contributed by atoms with Crippen LogP contribution in [-0.4, -0.2) is 5.97 Å². The SMILES string of the molecule is O=C([O-])c1ccc(COc2cccc(Cl)c2)o1. The minimum absolute atomic E-state index is 0.133. The fourth-order valence-electron chi connectivity index (χ4n) is 1.28. The van der Waals surface area contributed by atoms with Crippen LogP contribution in [0.5, 0.6) is 5.75 Å². The van der Waals surface area contributed by atoms with Crippen molar-refractivity contribution in [2.45, 2.75) is 6.61 Å². The maximum absolute atomic E-state index is 10.5. The number of carboxylic acids is 1. The van der Waals surface area contributed by atoms with Crippen LogP contribution in [0.15, 0.2) is 40.8 Å². The first-order valence-corrected chi connectivity index (χ1v) is 5.21.